The molecule has 0 aliphatic heterocycles. The minimum Gasteiger partial charge on any atom is -0.396 e. The number of hydrogen-bond acceptors (Lipinski definition) is 7. The quantitative estimate of drug-likeness (QED) is 0.258. The summed E-state index contributed by atoms with van der Waals surface area (Å²) >= 11 is 0. The number of rotatable bonds is 7. The van der Waals surface area contributed by atoms with E-state index in [-0.39, 0.29) is 19.8 Å². The van der Waals surface area contributed by atoms with Crippen LogP contribution in [0, 0.1) is 5.41 Å². The third kappa shape index (κ3) is 7.61. The summed E-state index contributed by atoms with van der Waals surface area (Å²) in [6.45, 7) is 0.301. The first-order chi connectivity index (χ1) is 7.96. The van der Waals surface area contributed by atoms with Crippen LogP contribution in [-0.2, 0) is 0 Å². The van der Waals surface area contributed by atoms with E-state index < -0.39 is 30.8 Å². The second kappa shape index (κ2) is 10.8. The van der Waals surface area contributed by atoms with Gasteiger partial charge < -0.3 is 35.7 Å². The highest BCUT2D eigenvalue weighted by Crippen LogP contribution is 2.18. The van der Waals surface area contributed by atoms with Gasteiger partial charge in [0.1, 0.15) is 12.2 Å². The van der Waals surface area contributed by atoms with Crippen LogP contribution in [0.3, 0.4) is 0 Å². The molecule has 0 rings (SSSR count). The summed E-state index contributed by atoms with van der Waals surface area (Å²) in [5.74, 6) is 0. The molecule has 7 nitrogen and oxygen atoms in total. The maximum absolute atomic E-state index is 8.66. The number of aliphatic hydroxyl groups is 7. The van der Waals surface area contributed by atoms with Gasteiger partial charge in [0.15, 0.2) is 0 Å². The maximum Gasteiger partial charge on any atom is 0.105 e. The highest BCUT2D eigenvalue weighted by atomic mass is 16.4. The molecule has 0 aromatic heterocycles. The van der Waals surface area contributed by atoms with Crippen LogP contribution < -0.4 is 0 Å². The molecule has 106 valence electrons. The van der Waals surface area contributed by atoms with E-state index in [2.05, 4.69) is 0 Å². The van der Waals surface area contributed by atoms with Crippen LogP contribution in [0.4, 0.5) is 0 Å². The average Bonchev–Trinajstić information content (AvgIpc) is 2.41. The number of hydrogen-bond donors (Lipinski definition) is 7. The minimum atomic E-state index is -1.22. The Morgan fingerprint density at radius 3 is 1.12 bits per heavy atom. The van der Waals surface area contributed by atoms with Crippen molar-refractivity contribution in [3.05, 3.63) is 0 Å². The van der Waals surface area contributed by atoms with Gasteiger partial charge in [0.2, 0.25) is 0 Å². The Balaban J connectivity index is 0. The molecule has 7 heteroatoms. The molecule has 0 radical (unpaired) electrons. The fourth-order valence-corrected chi connectivity index (χ4v) is 0.729. The zero-order chi connectivity index (χ0) is 13.9. The third-order valence-corrected chi connectivity index (χ3v) is 2.57. The van der Waals surface area contributed by atoms with Gasteiger partial charge in [-0.05, 0) is 6.42 Å². The summed E-state index contributed by atoms with van der Waals surface area (Å²) in [7, 11) is 0. The van der Waals surface area contributed by atoms with Crippen molar-refractivity contribution >= 4 is 0 Å². The van der Waals surface area contributed by atoms with E-state index in [1.807, 2.05) is 6.92 Å². The van der Waals surface area contributed by atoms with Gasteiger partial charge in [0.05, 0.1) is 33.0 Å². The first-order valence-electron chi connectivity index (χ1n) is 5.37. The van der Waals surface area contributed by atoms with Crippen molar-refractivity contribution in [3.63, 3.8) is 0 Å². The van der Waals surface area contributed by atoms with Crippen molar-refractivity contribution < 1.29 is 35.7 Å². The van der Waals surface area contributed by atoms with Crippen molar-refractivity contribution in [2.45, 2.75) is 25.6 Å². The van der Waals surface area contributed by atoms with Crippen molar-refractivity contribution in [2.24, 2.45) is 5.41 Å². The molecule has 17 heavy (non-hydrogen) atoms. The van der Waals surface area contributed by atoms with Crippen LogP contribution in [0.25, 0.3) is 0 Å². The molecule has 0 aromatic rings. The highest BCUT2D eigenvalue weighted by Gasteiger charge is 2.24. The molecule has 0 saturated carbocycles. The Labute approximate surface area is 101 Å². The molecule has 0 aliphatic carbocycles. The molecule has 0 aliphatic rings. The van der Waals surface area contributed by atoms with E-state index in [0.29, 0.717) is 6.42 Å². The normalized spacial score (nSPS) is 14.8. The lowest BCUT2D eigenvalue weighted by molar-refractivity contribution is -0.0388. The number of aliphatic hydroxyl groups excluding tert-OH is 7. The molecule has 0 aromatic carbocycles. The second-order valence-corrected chi connectivity index (χ2v) is 3.83. The Hall–Kier alpha value is -0.280. The van der Waals surface area contributed by atoms with Crippen molar-refractivity contribution in [3.8, 4) is 0 Å². The van der Waals surface area contributed by atoms with Crippen molar-refractivity contribution in [1.82, 2.24) is 0 Å². The molecule has 0 saturated heterocycles. The lowest BCUT2D eigenvalue weighted by Gasteiger charge is -2.24. The van der Waals surface area contributed by atoms with Crippen LogP contribution in [0.5, 0.6) is 0 Å². The summed E-state index contributed by atoms with van der Waals surface area (Å²) < 4.78 is 0. The monoisotopic (exact) mass is 256 g/mol. The maximum atomic E-state index is 8.66. The van der Waals surface area contributed by atoms with Crippen LogP contribution in [0.2, 0.25) is 0 Å². The Morgan fingerprint density at radius 1 is 0.765 bits per heavy atom. The Kier molecular flexibility index (Phi) is 12.2. The fourth-order valence-electron chi connectivity index (χ4n) is 0.729. The SMILES string of the molecule is CCC(CO)(CO)CO.OC[C@@H](O)[C@@H](O)CO. The van der Waals surface area contributed by atoms with E-state index in [1.54, 1.807) is 0 Å². The largest absolute Gasteiger partial charge is 0.396 e. The summed E-state index contributed by atoms with van der Waals surface area (Å²) in [5, 5.41) is 59.1. The van der Waals surface area contributed by atoms with Crippen LogP contribution >= 0.6 is 0 Å². The standard InChI is InChI=1S/C6H14O3.C4H10O4/c1-2-6(3-7,4-8)5-9;5-1-3(7)4(8)2-6/h7-9H,2-5H2,1H3;3-8H,1-2H2/t;3-,4+. The molecule has 0 bridgehead atoms. The first kappa shape index (κ1) is 19.1. The van der Waals surface area contributed by atoms with Gasteiger partial charge in [-0.2, -0.15) is 0 Å². The predicted octanol–water partition coefficient (Wildman–Crippen LogP) is -2.95. The van der Waals surface area contributed by atoms with E-state index in [9.17, 15) is 0 Å². The van der Waals surface area contributed by atoms with Crippen LogP contribution in [0.15, 0.2) is 0 Å². The average molecular weight is 256 g/mol. The van der Waals surface area contributed by atoms with Crippen LogP contribution in [0.1, 0.15) is 13.3 Å². The van der Waals surface area contributed by atoms with Crippen LogP contribution in [-0.4, -0.2) is 81.0 Å². The van der Waals surface area contributed by atoms with E-state index >= 15 is 0 Å². The molecule has 0 amide bonds. The second-order valence-electron chi connectivity index (χ2n) is 3.83. The molecule has 0 fully saturated rings. The third-order valence-electron chi connectivity index (χ3n) is 2.57. The summed E-state index contributed by atoms with van der Waals surface area (Å²) in [6.07, 6.45) is -1.85. The van der Waals surface area contributed by atoms with E-state index in [0.717, 1.165) is 0 Å². The topological polar surface area (TPSA) is 142 Å². The lowest BCUT2D eigenvalue weighted by Crippen LogP contribution is -2.32. The zero-order valence-electron chi connectivity index (χ0n) is 10.0. The summed E-state index contributed by atoms with van der Waals surface area (Å²) in [5.41, 5.74) is -0.667. The zero-order valence-corrected chi connectivity index (χ0v) is 10.0. The predicted molar refractivity (Wildman–Crippen MR) is 60.2 cm³/mol. The van der Waals surface area contributed by atoms with Gasteiger partial charge in [0.25, 0.3) is 0 Å². The minimum absolute atomic E-state index is 0.156. The summed E-state index contributed by atoms with van der Waals surface area (Å²) in [6, 6.07) is 0. The fraction of sp³-hybridized carbons (Fsp3) is 1.00. The van der Waals surface area contributed by atoms with Gasteiger partial charge in [0, 0.05) is 5.41 Å². The molecule has 0 heterocycles. The summed E-state index contributed by atoms with van der Waals surface area (Å²) in [4.78, 5) is 0. The smallest absolute Gasteiger partial charge is 0.105 e. The molecule has 0 unspecified atom stereocenters. The van der Waals surface area contributed by atoms with E-state index in [1.165, 1.54) is 0 Å². The van der Waals surface area contributed by atoms with Gasteiger partial charge in [-0.3, -0.25) is 0 Å². The molecule has 0 spiro atoms. The molecular formula is C10H24O7. The van der Waals surface area contributed by atoms with Gasteiger partial charge in [-0.1, -0.05) is 6.92 Å². The highest BCUT2D eigenvalue weighted by molar-refractivity contribution is 4.74. The van der Waals surface area contributed by atoms with Crippen molar-refractivity contribution in [2.75, 3.05) is 33.0 Å². The van der Waals surface area contributed by atoms with Gasteiger partial charge in [-0.15, -0.1) is 0 Å². The molecule has 7 N–H and O–H groups in total. The van der Waals surface area contributed by atoms with Gasteiger partial charge in [-0.25, -0.2) is 0 Å². The van der Waals surface area contributed by atoms with Gasteiger partial charge >= 0.3 is 0 Å². The first-order valence-corrected chi connectivity index (χ1v) is 5.37. The molecule has 2 atom stereocenters. The lowest BCUT2D eigenvalue weighted by atomic mass is 9.88. The van der Waals surface area contributed by atoms with E-state index in [4.69, 9.17) is 35.7 Å². The van der Waals surface area contributed by atoms with Crippen molar-refractivity contribution in [1.29, 1.82) is 0 Å². The molecular weight excluding hydrogens is 232 g/mol. The Morgan fingerprint density at radius 2 is 1.06 bits per heavy atom. The Bertz CT molecular complexity index is 135.